The molecule has 0 aromatic heterocycles. The van der Waals surface area contributed by atoms with Crippen LogP contribution in [0.5, 0.6) is 11.5 Å². The number of carbonyl (C=O) groups is 2. The number of amides is 2. The van der Waals surface area contributed by atoms with E-state index in [0.717, 1.165) is 19.3 Å². The predicted octanol–water partition coefficient (Wildman–Crippen LogP) is 2.34. The van der Waals surface area contributed by atoms with E-state index < -0.39 is 21.8 Å². The van der Waals surface area contributed by atoms with E-state index in [0.29, 0.717) is 31.2 Å². The smallest absolute Gasteiger partial charge is 0.269 e. The molecule has 172 valence electrons. The number of ether oxygens (including phenoxy) is 2. The summed E-state index contributed by atoms with van der Waals surface area (Å²) in [5, 5.41) is 0. The summed E-state index contributed by atoms with van der Waals surface area (Å²) < 4.78 is 37.8. The molecule has 0 spiro atoms. The Kier molecular flexibility index (Phi) is 7.70. The zero-order chi connectivity index (χ0) is 23.1. The molecule has 2 aromatic carbocycles. The number of carbonyl (C=O) groups excluding carboxylic acids is 2. The molecule has 1 saturated heterocycles. The highest BCUT2D eigenvalue weighted by atomic mass is 32.2. The number of piperidine rings is 1. The molecule has 1 aliphatic rings. The molecule has 10 heteroatoms. The SMILES string of the molecule is CCOc1ccc(C(=O)NNC(=O)c2cccc(S(=O)(=O)N3CCCCC3)c2)cc1OC. The van der Waals surface area contributed by atoms with Crippen molar-refractivity contribution in [3.8, 4) is 11.5 Å². The molecule has 0 atom stereocenters. The van der Waals surface area contributed by atoms with E-state index in [9.17, 15) is 18.0 Å². The highest BCUT2D eigenvalue weighted by Crippen LogP contribution is 2.28. The van der Waals surface area contributed by atoms with Crippen molar-refractivity contribution in [2.75, 3.05) is 26.8 Å². The Labute approximate surface area is 187 Å². The Balaban J connectivity index is 1.67. The lowest BCUT2D eigenvalue weighted by Crippen LogP contribution is -2.41. The summed E-state index contributed by atoms with van der Waals surface area (Å²) in [5.41, 5.74) is 5.02. The number of benzene rings is 2. The van der Waals surface area contributed by atoms with Gasteiger partial charge in [-0.15, -0.1) is 0 Å². The quantitative estimate of drug-likeness (QED) is 0.612. The fourth-order valence-corrected chi connectivity index (χ4v) is 4.96. The molecule has 3 rings (SSSR count). The van der Waals surface area contributed by atoms with Crippen LogP contribution in [0.3, 0.4) is 0 Å². The second-order valence-corrected chi connectivity index (χ2v) is 9.14. The zero-order valence-corrected chi connectivity index (χ0v) is 18.9. The molecular formula is C22H27N3O6S. The van der Waals surface area contributed by atoms with E-state index in [1.807, 2.05) is 6.92 Å². The summed E-state index contributed by atoms with van der Waals surface area (Å²) in [6, 6.07) is 10.4. The van der Waals surface area contributed by atoms with Crippen LogP contribution in [0.15, 0.2) is 47.4 Å². The molecule has 32 heavy (non-hydrogen) atoms. The minimum Gasteiger partial charge on any atom is -0.493 e. The number of sulfonamides is 1. The molecular weight excluding hydrogens is 434 g/mol. The fraction of sp³-hybridized carbons (Fsp3) is 0.364. The van der Waals surface area contributed by atoms with Gasteiger partial charge in [0.05, 0.1) is 18.6 Å². The topological polar surface area (TPSA) is 114 Å². The van der Waals surface area contributed by atoms with Crippen LogP contribution < -0.4 is 20.3 Å². The van der Waals surface area contributed by atoms with Crippen molar-refractivity contribution >= 4 is 21.8 Å². The van der Waals surface area contributed by atoms with Gasteiger partial charge in [0.15, 0.2) is 11.5 Å². The van der Waals surface area contributed by atoms with Crippen LogP contribution in [0.1, 0.15) is 46.9 Å². The van der Waals surface area contributed by atoms with E-state index in [4.69, 9.17) is 9.47 Å². The van der Waals surface area contributed by atoms with Crippen LogP contribution in [0.25, 0.3) is 0 Å². The first kappa shape index (κ1) is 23.6. The number of hydrogen-bond donors (Lipinski definition) is 2. The third-order valence-corrected chi connectivity index (χ3v) is 6.96. The number of nitrogens with one attached hydrogen (secondary N) is 2. The Bertz CT molecular complexity index is 1080. The van der Waals surface area contributed by atoms with Gasteiger partial charge in [-0.05, 0) is 56.2 Å². The highest BCUT2D eigenvalue weighted by molar-refractivity contribution is 7.89. The summed E-state index contributed by atoms with van der Waals surface area (Å²) in [4.78, 5) is 25.0. The average molecular weight is 462 g/mol. The molecule has 0 bridgehead atoms. The number of nitrogens with zero attached hydrogens (tertiary/aromatic N) is 1. The minimum atomic E-state index is -3.67. The first-order valence-electron chi connectivity index (χ1n) is 10.4. The molecule has 0 radical (unpaired) electrons. The van der Waals surface area contributed by atoms with Gasteiger partial charge in [0.2, 0.25) is 10.0 Å². The van der Waals surface area contributed by atoms with Crippen LogP contribution in [-0.4, -0.2) is 51.3 Å². The zero-order valence-electron chi connectivity index (χ0n) is 18.1. The van der Waals surface area contributed by atoms with Gasteiger partial charge in [-0.25, -0.2) is 8.42 Å². The second kappa shape index (κ2) is 10.5. The van der Waals surface area contributed by atoms with Crippen LogP contribution in [0.4, 0.5) is 0 Å². The van der Waals surface area contributed by atoms with Gasteiger partial charge in [-0.3, -0.25) is 20.4 Å². The van der Waals surface area contributed by atoms with Gasteiger partial charge in [0.25, 0.3) is 11.8 Å². The van der Waals surface area contributed by atoms with Gasteiger partial charge >= 0.3 is 0 Å². The summed E-state index contributed by atoms with van der Waals surface area (Å²) in [6.07, 6.45) is 2.65. The van der Waals surface area contributed by atoms with Gasteiger partial charge < -0.3 is 9.47 Å². The lowest BCUT2D eigenvalue weighted by atomic mass is 10.2. The number of hydrazine groups is 1. The van der Waals surface area contributed by atoms with E-state index in [1.54, 1.807) is 12.1 Å². The van der Waals surface area contributed by atoms with Gasteiger partial charge in [0.1, 0.15) is 0 Å². The number of rotatable bonds is 7. The van der Waals surface area contributed by atoms with Crippen molar-refractivity contribution in [1.29, 1.82) is 0 Å². The van der Waals surface area contributed by atoms with Crippen LogP contribution in [-0.2, 0) is 10.0 Å². The van der Waals surface area contributed by atoms with Crippen molar-refractivity contribution in [2.24, 2.45) is 0 Å². The lowest BCUT2D eigenvalue weighted by Gasteiger charge is -2.26. The van der Waals surface area contributed by atoms with Gasteiger partial charge in [0, 0.05) is 24.2 Å². The van der Waals surface area contributed by atoms with Crippen LogP contribution in [0.2, 0.25) is 0 Å². The summed E-state index contributed by atoms with van der Waals surface area (Å²) in [6.45, 7) is 3.23. The lowest BCUT2D eigenvalue weighted by molar-refractivity contribution is 0.0846. The van der Waals surface area contributed by atoms with Crippen molar-refractivity contribution < 1.29 is 27.5 Å². The maximum Gasteiger partial charge on any atom is 0.269 e. The largest absolute Gasteiger partial charge is 0.493 e. The summed E-state index contributed by atoms with van der Waals surface area (Å²) in [7, 11) is -2.20. The van der Waals surface area contributed by atoms with E-state index in [1.165, 1.54) is 41.7 Å². The highest BCUT2D eigenvalue weighted by Gasteiger charge is 2.26. The first-order valence-corrected chi connectivity index (χ1v) is 11.8. The second-order valence-electron chi connectivity index (χ2n) is 7.20. The Morgan fingerprint density at radius 2 is 1.59 bits per heavy atom. The van der Waals surface area contributed by atoms with Crippen LogP contribution in [0, 0.1) is 0 Å². The van der Waals surface area contributed by atoms with Crippen molar-refractivity contribution in [2.45, 2.75) is 31.1 Å². The molecule has 1 aliphatic heterocycles. The van der Waals surface area contributed by atoms with Crippen molar-refractivity contribution in [1.82, 2.24) is 15.2 Å². The maximum absolute atomic E-state index is 12.8. The molecule has 9 nitrogen and oxygen atoms in total. The molecule has 1 fully saturated rings. The summed E-state index contributed by atoms with van der Waals surface area (Å²) in [5.74, 6) is -0.299. The molecule has 2 amide bonds. The van der Waals surface area contributed by atoms with Crippen LogP contribution >= 0.6 is 0 Å². The predicted molar refractivity (Wildman–Crippen MR) is 118 cm³/mol. The summed E-state index contributed by atoms with van der Waals surface area (Å²) >= 11 is 0. The standard InChI is InChI=1S/C22H27N3O6S/c1-3-31-19-11-10-17(15-20(19)30-2)22(27)24-23-21(26)16-8-7-9-18(14-16)32(28,29)25-12-5-4-6-13-25/h7-11,14-15H,3-6,12-13H2,1-2H3,(H,23,26)(H,24,27). The van der Waals surface area contributed by atoms with E-state index in [-0.39, 0.29) is 16.0 Å². The number of methoxy groups -OCH3 is 1. The Morgan fingerprint density at radius 1 is 0.938 bits per heavy atom. The monoisotopic (exact) mass is 461 g/mol. The average Bonchev–Trinajstić information content (AvgIpc) is 2.83. The molecule has 2 N–H and O–H groups in total. The van der Waals surface area contributed by atoms with E-state index in [2.05, 4.69) is 10.9 Å². The Morgan fingerprint density at radius 3 is 2.22 bits per heavy atom. The van der Waals surface area contributed by atoms with E-state index >= 15 is 0 Å². The van der Waals surface area contributed by atoms with Gasteiger partial charge in [-0.2, -0.15) is 4.31 Å². The minimum absolute atomic E-state index is 0.0506. The number of hydrogen-bond acceptors (Lipinski definition) is 6. The third kappa shape index (κ3) is 5.38. The molecule has 2 aromatic rings. The molecule has 1 heterocycles. The molecule has 0 unspecified atom stereocenters. The molecule has 0 saturated carbocycles. The van der Waals surface area contributed by atoms with Crippen molar-refractivity contribution in [3.05, 3.63) is 53.6 Å². The third-order valence-electron chi connectivity index (χ3n) is 5.06. The normalized spacial score (nSPS) is 14.4. The maximum atomic E-state index is 12.8. The van der Waals surface area contributed by atoms with Gasteiger partial charge in [-0.1, -0.05) is 12.5 Å². The van der Waals surface area contributed by atoms with Crippen molar-refractivity contribution in [3.63, 3.8) is 0 Å². The first-order chi connectivity index (χ1) is 15.4. The molecule has 0 aliphatic carbocycles. The fourth-order valence-electron chi connectivity index (χ4n) is 3.39. The Hall–Kier alpha value is -3.11.